The second-order valence-corrected chi connectivity index (χ2v) is 4.82. The summed E-state index contributed by atoms with van der Waals surface area (Å²) in [5.41, 5.74) is 5.71. The van der Waals surface area contributed by atoms with Gasteiger partial charge in [-0.1, -0.05) is 26.7 Å². The van der Waals surface area contributed by atoms with E-state index in [2.05, 4.69) is 19.2 Å². The predicted molar refractivity (Wildman–Crippen MR) is 63.5 cm³/mol. The van der Waals surface area contributed by atoms with Crippen LogP contribution in [0.25, 0.3) is 0 Å². The molecule has 84 valence electrons. The van der Waals surface area contributed by atoms with Gasteiger partial charge in [0.1, 0.15) is 0 Å². The lowest BCUT2D eigenvalue weighted by atomic mass is 10.1. The lowest BCUT2D eigenvalue weighted by Crippen LogP contribution is -2.42. The van der Waals surface area contributed by atoms with Crippen molar-refractivity contribution in [2.75, 3.05) is 12.8 Å². The van der Waals surface area contributed by atoms with E-state index in [0.29, 0.717) is 11.8 Å². The van der Waals surface area contributed by atoms with E-state index >= 15 is 0 Å². The van der Waals surface area contributed by atoms with Gasteiger partial charge in [-0.2, -0.15) is 11.8 Å². The first-order valence-corrected chi connectivity index (χ1v) is 6.46. The summed E-state index contributed by atoms with van der Waals surface area (Å²) in [4.78, 5) is 11.4. The normalized spacial score (nSPS) is 14.9. The Morgan fingerprint density at radius 1 is 1.57 bits per heavy atom. The highest BCUT2D eigenvalue weighted by atomic mass is 32.2. The third kappa shape index (κ3) is 6.27. The molecular weight excluding hydrogens is 196 g/mol. The Kier molecular flexibility index (Phi) is 7.99. The molecule has 0 aliphatic heterocycles. The maximum absolute atomic E-state index is 11.4. The maximum Gasteiger partial charge on any atom is 0.236 e. The predicted octanol–water partition coefficient (Wildman–Crippen LogP) is 1.37. The molecule has 0 saturated carbocycles. The Morgan fingerprint density at radius 2 is 2.21 bits per heavy atom. The fourth-order valence-corrected chi connectivity index (χ4v) is 1.26. The first-order chi connectivity index (χ1) is 6.61. The summed E-state index contributed by atoms with van der Waals surface area (Å²) in [7, 11) is 0. The summed E-state index contributed by atoms with van der Waals surface area (Å²) in [5, 5.41) is 3.31. The molecule has 0 aliphatic carbocycles. The SMILES string of the molecule is CCCCC(N)C(=O)NCC(C)SC. The molecule has 2 unspecified atom stereocenters. The molecule has 0 saturated heterocycles. The molecule has 3 N–H and O–H groups in total. The molecule has 4 heteroatoms. The average Bonchev–Trinajstić information content (AvgIpc) is 2.21. The molecule has 0 radical (unpaired) electrons. The van der Waals surface area contributed by atoms with Gasteiger partial charge >= 0.3 is 0 Å². The van der Waals surface area contributed by atoms with Crippen molar-refractivity contribution < 1.29 is 4.79 Å². The first kappa shape index (κ1) is 13.8. The molecular formula is C10H22N2OS. The fraction of sp³-hybridized carbons (Fsp3) is 0.900. The van der Waals surface area contributed by atoms with Crippen LogP contribution in [-0.2, 0) is 4.79 Å². The zero-order chi connectivity index (χ0) is 11.0. The van der Waals surface area contributed by atoms with E-state index in [-0.39, 0.29) is 11.9 Å². The van der Waals surface area contributed by atoms with Crippen LogP contribution in [0.15, 0.2) is 0 Å². The number of carbonyl (C=O) groups excluding carboxylic acids is 1. The molecule has 0 spiro atoms. The maximum atomic E-state index is 11.4. The van der Waals surface area contributed by atoms with Crippen LogP contribution >= 0.6 is 11.8 Å². The van der Waals surface area contributed by atoms with Gasteiger partial charge in [0, 0.05) is 11.8 Å². The minimum atomic E-state index is -0.330. The quantitative estimate of drug-likeness (QED) is 0.678. The van der Waals surface area contributed by atoms with E-state index in [0.717, 1.165) is 19.3 Å². The number of nitrogens with two attached hydrogens (primary N) is 1. The second-order valence-electron chi connectivity index (χ2n) is 3.54. The summed E-state index contributed by atoms with van der Waals surface area (Å²) in [5.74, 6) is -0.0145. The number of unbranched alkanes of at least 4 members (excludes halogenated alkanes) is 1. The Labute approximate surface area is 91.2 Å². The molecule has 0 heterocycles. The third-order valence-corrected chi connectivity index (χ3v) is 3.14. The van der Waals surface area contributed by atoms with Crippen molar-refractivity contribution in [3.05, 3.63) is 0 Å². The largest absolute Gasteiger partial charge is 0.354 e. The van der Waals surface area contributed by atoms with Crippen LogP contribution in [0.2, 0.25) is 0 Å². The van der Waals surface area contributed by atoms with Crippen LogP contribution in [0.5, 0.6) is 0 Å². The van der Waals surface area contributed by atoms with Gasteiger partial charge in [0.05, 0.1) is 6.04 Å². The van der Waals surface area contributed by atoms with Gasteiger partial charge in [0.2, 0.25) is 5.91 Å². The number of amides is 1. The Morgan fingerprint density at radius 3 is 2.71 bits per heavy atom. The molecule has 0 aliphatic rings. The molecule has 0 fully saturated rings. The van der Waals surface area contributed by atoms with Crippen LogP contribution < -0.4 is 11.1 Å². The lowest BCUT2D eigenvalue weighted by Gasteiger charge is -2.14. The van der Waals surface area contributed by atoms with Crippen LogP contribution in [0, 0.1) is 0 Å². The monoisotopic (exact) mass is 218 g/mol. The van der Waals surface area contributed by atoms with Gasteiger partial charge in [-0.05, 0) is 12.7 Å². The zero-order valence-corrected chi connectivity index (χ0v) is 10.2. The van der Waals surface area contributed by atoms with E-state index in [4.69, 9.17) is 5.73 Å². The van der Waals surface area contributed by atoms with E-state index < -0.39 is 0 Å². The molecule has 0 aromatic rings. The van der Waals surface area contributed by atoms with Crippen molar-refractivity contribution >= 4 is 17.7 Å². The lowest BCUT2D eigenvalue weighted by molar-refractivity contribution is -0.122. The van der Waals surface area contributed by atoms with Crippen molar-refractivity contribution in [2.24, 2.45) is 5.73 Å². The Balaban J connectivity index is 3.61. The Hall–Kier alpha value is -0.220. The molecule has 2 atom stereocenters. The van der Waals surface area contributed by atoms with E-state index in [1.165, 1.54) is 0 Å². The summed E-state index contributed by atoms with van der Waals surface area (Å²) in [6.45, 7) is 4.89. The summed E-state index contributed by atoms with van der Waals surface area (Å²) in [6, 6.07) is -0.330. The standard InChI is InChI=1S/C10H22N2OS/c1-4-5-6-9(11)10(13)12-7-8(2)14-3/h8-9H,4-7,11H2,1-3H3,(H,12,13). The minimum absolute atomic E-state index is 0.0145. The first-order valence-electron chi connectivity index (χ1n) is 5.17. The van der Waals surface area contributed by atoms with Crippen molar-refractivity contribution in [2.45, 2.75) is 44.4 Å². The zero-order valence-electron chi connectivity index (χ0n) is 9.38. The highest BCUT2D eigenvalue weighted by Gasteiger charge is 2.12. The summed E-state index contributed by atoms with van der Waals surface area (Å²) in [6.07, 6.45) is 4.93. The van der Waals surface area contributed by atoms with Crippen molar-refractivity contribution in [1.29, 1.82) is 0 Å². The molecule has 0 aromatic heterocycles. The van der Waals surface area contributed by atoms with E-state index in [1.54, 1.807) is 11.8 Å². The average molecular weight is 218 g/mol. The van der Waals surface area contributed by atoms with Gasteiger partial charge in [-0.3, -0.25) is 4.79 Å². The molecule has 0 rings (SSSR count). The van der Waals surface area contributed by atoms with Crippen molar-refractivity contribution in [3.63, 3.8) is 0 Å². The number of nitrogens with one attached hydrogen (secondary N) is 1. The number of hydrogen-bond donors (Lipinski definition) is 2. The van der Waals surface area contributed by atoms with Gasteiger partial charge in [0.15, 0.2) is 0 Å². The third-order valence-electron chi connectivity index (χ3n) is 2.17. The molecule has 3 nitrogen and oxygen atoms in total. The summed E-state index contributed by atoms with van der Waals surface area (Å²) >= 11 is 1.74. The highest BCUT2D eigenvalue weighted by molar-refractivity contribution is 7.99. The van der Waals surface area contributed by atoms with Crippen molar-refractivity contribution in [1.82, 2.24) is 5.32 Å². The molecule has 0 aromatic carbocycles. The van der Waals surface area contributed by atoms with E-state index in [9.17, 15) is 4.79 Å². The van der Waals surface area contributed by atoms with Gasteiger partial charge in [-0.15, -0.1) is 0 Å². The Bertz CT molecular complexity index is 164. The minimum Gasteiger partial charge on any atom is -0.354 e. The molecule has 14 heavy (non-hydrogen) atoms. The second kappa shape index (κ2) is 8.12. The smallest absolute Gasteiger partial charge is 0.236 e. The van der Waals surface area contributed by atoms with Crippen LogP contribution in [-0.4, -0.2) is 30.0 Å². The number of carbonyl (C=O) groups is 1. The molecule has 0 bridgehead atoms. The van der Waals surface area contributed by atoms with Gasteiger partial charge in [-0.25, -0.2) is 0 Å². The van der Waals surface area contributed by atoms with Gasteiger partial charge in [0.25, 0.3) is 0 Å². The summed E-state index contributed by atoms with van der Waals surface area (Å²) < 4.78 is 0. The number of rotatable bonds is 7. The van der Waals surface area contributed by atoms with Crippen LogP contribution in [0.3, 0.4) is 0 Å². The highest BCUT2D eigenvalue weighted by Crippen LogP contribution is 2.03. The fourth-order valence-electron chi connectivity index (χ4n) is 1.01. The van der Waals surface area contributed by atoms with Crippen LogP contribution in [0.4, 0.5) is 0 Å². The number of hydrogen-bond acceptors (Lipinski definition) is 3. The topological polar surface area (TPSA) is 55.1 Å². The number of thioether (sulfide) groups is 1. The molecule has 1 amide bonds. The van der Waals surface area contributed by atoms with Crippen LogP contribution in [0.1, 0.15) is 33.1 Å². The van der Waals surface area contributed by atoms with E-state index in [1.807, 2.05) is 6.26 Å². The van der Waals surface area contributed by atoms with Gasteiger partial charge < -0.3 is 11.1 Å². The van der Waals surface area contributed by atoms with Crippen molar-refractivity contribution in [3.8, 4) is 0 Å².